The molecule has 0 fully saturated rings. The molecule has 0 aliphatic rings. The summed E-state index contributed by atoms with van der Waals surface area (Å²) < 4.78 is 9.68. The maximum absolute atomic E-state index is 13.0. The second-order valence-corrected chi connectivity index (χ2v) is 11.7. The normalized spacial score (nSPS) is 8.42. The maximum Gasteiger partial charge on any atom is 0.407 e. The van der Waals surface area contributed by atoms with Gasteiger partial charge in [-0.1, -0.05) is 38.5 Å². The van der Waals surface area contributed by atoms with Gasteiger partial charge in [0, 0.05) is 92.7 Å². The number of nitrogens with zero attached hydrogens (tertiary/aromatic N) is 1. The Morgan fingerprint density at radius 2 is 0.780 bits per heavy atom. The van der Waals surface area contributed by atoms with Gasteiger partial charge < -0.3 is 36.1 Å². The molecule has 0 spiro atoms. The highest BCUT2D eigenvalue weighted by Gasteiger charge is 2.20. The van der Waals surface area contributed by atoms with E-state index < -0.39 is 30.3 Å². The Morgan fingerprint density at radius 1 is 0.441 bits per heavy atom. The van der Waals surface area contributed by atoms with E-state index in [1.165, 1.54) is 4.90 Å². The molecule has 0 aromatic rings. The molecule has 0 rings (SSSR count). The standard InChI is InChI=1S/C45H53N7O7/c1-4-7-8-9-10-11-12-13-14-15-16-17-18-19-20-27-34-46-41(53)47-35-28-21-22-29-36-48-42(54)52(40-33-26-25-32-39-51-45(57)59-6-3)43(55)49-37-30-23-24-31-38-50-44(56)58-5-2/h1H,5-6,21-26,28-33,35-40H2,2-3H3,(H,48,54)(H,49,55)(H,50,56)(H,51,57)(H2,46,47,53). The van der Waals surface area contributed by atoms with Crippen molar-refractivity contribution in [1.82, 2.24) is 36.8 Å². The Kier molecular flexibility index (Phi) is 35.2. The van der Waals surface area contributed by atoms with Crippen LogP contribution in [0.2, 0.25) is 0 Å². The first kappa shape index (κ1) is 51.6. The molecule has 0 bridgehead atoms. The molecule has 14 nitrogen and oxygen atoms in total. The van der Waals surface area contributed by atoms with E-state index in [4.69, 9.17) is 15.9 Å². The minimum absolute atomic E-state index is 0.258. The number of amides is 8. The van der Waals surface area contributed by atoms with Crippen molar-refractivity contribution in [3.8, 4) is 107 Å². The molecule has 0 unspecified atom stereocenters. The number of carbonyl (C=O) groups excluding carboxylic acids is 5. The second kappa shape index (κ2) is 40.3. The Bertz CT molecular complexity index is 1900. The van der Waals surface area contributed by atoms with Crippen molar-refractivity contribution in [2.24, 2.45) is 0 Å². The minimum Gasteiger partial charge on any atom is -0.450 e. The van der Waals surface area contributed by atoms with Gasteiger partial charge in [-0.15, -0.1) is 6.42 Å². The molecular weight excluding hydrogens is 751 g/mol. The number of carbonyl (C=O) groups is 5. The van der Waals surface area contributed by atoms with Gasteiger partial charge in [-0.2, -0.15) is 0 Å². The lowest BCUT2D eigenvalue weighted by Gasteiger charge is -2.22. The number of imide groups is 1. The third-order valence-electron chi connectivity index (χ3n) is 7.12. The van der Waals surface area contributed by atoms with Gasteiger partial charge in [-0.3, -0.25) is 5.32 Å². The van der Waals surface area contributed by atoms with Gasteiger partial charge in [0.2, 0.25) is 0 Å². The van der Waals surface area contributed by atoms with Crippen LogP contribution in [0.1, 0.15) is 90.9 Å². The van der Waals surface area contributed by atoms with Crippen LogP contribution in [0.3, 0.4) is 0 Å². The number of terminal acetylenes is 1. The minimum atomic E-state index is -0.458. The average Bonchev–Trinajstić information content (AvgIpc) is 3.22. The molecule has 6 N–H and O–H groups in total. The first-order valence-corrected chi connectivity index (χ1v) is 19.5. The van der Waals surface area contributed by atoms with Gasteiger partial charge >= 0.3 is 30.3 Å². The van der Waals surface area contributed by atoms with E-state index in [1.807, 2.05) is 0 Å². The predicted molar refractivity (Wildman–Crippen MR) is 227 cm³/mol. The number of hydrogen-bond donors (Lipinski definition) is 6. The number of nitrogens with one attached hydrogen (secondary N) is 6. The lowest BCUT2D eigenvalue weighted by Crippen LogP contribution is -2.49. The first-order chi connectivity index (χ1) is 28.8. The fourth-order valence-electron chi connectivity index (χ4n) is 4.39. The number of unbranched alkanes of at least 4 members (excludes halogenated alkanes) is 9. The summed E-state index contributed by atoms with van der Waals surface area (Å²) >= 11 is 0. The van der Waals surface area contributed by atoms with Crippen molar-refractivity contribution >= 4 is 30.3 Å². The van der Waals surface area contributed by atoms with Crippen LogP contribution in [0.25, 0.3) is 0 Å². The van der Waals surface area contributed by atoms with Gasteiger partial charge in [0.05, 0.1) is 13.2 Å². The highest BCUT2D eigenvalue weighted by atomic mass is 16.6. The quantitative estimate of drug-likeness (QED) is 0.0517. The van der Waals surface area contributed by atoms with Gasteiger partial charge in [0.25, 0.3) is 0 Å². The van der Waals surface area contributed by atoms with Gasteiger partial charge in [-0.25, -0.2) is 28.9 Å². The molecule has 310 valence electrons. The van der Waals surface area contributed by atoms with Crippen molar-refractivity contribution < 1.29 is 33.4 Å². The summed E-state index contributed by atoms with van der Waals surface area (Å²) in [6, 6.07) is 1.07. The summed E-state index contributed by atoms with van der Waals surface area (Å²) in [7, 11) is 0. The lowest BCUT2D eigenvalue weighted by atomic mass is 10.2. The molecular formula is C45H53N7O7. The van der Waals surface area contributed by atoms with Gasteiger partial charge in [-0.05, 0) is 99.7 Å². The molecule has 59 heavy (non-hydrogen) atoms. The predicted octanol–water partition coefficient (Wildman–Crippen LogP) is 3.80. The van der Waals surface area contributed by atoms with Crippen LogP contribution in [0.15, 0.2) is 0 Å². The van der Waals surface area contributed by atoms with Crippen molar-refractivity contribution in [2.45, 2.75) is 90.9 Å². The smallest absolute Gasteiger partial charge is 0.407 e. The largest absolute Gasteiger partial charge is 0.450 e. The zero-order valence-electron chi connectivity index (χ0n) is 34.0. The van der Waals surface area contributed by atoms with E-state index in [0.29, 0.717) is 58.8 Å². The average molecular weight is 804 g/mol. The van der Waals surface area contributed by atoms with Gasteiger partial charge in [0.15, 0.2) is 0 Å². The van der Waals surface area contributed by atoms with Gasteiger partial charge in [0.1, 0.15) is 0 Å². The molecule has 8 amide bonds. The zero-order chi connectivity index (χ0) is 43.3. The van der Waals surface area contributed by atoms with Crippen molar-refractivity contribution in [3.63, 3.8) is 0 Å². The van der Waals surface area contributed by atoms with Crippen LogP contribution >= 0.6 is 0 Å². The van der Waals surface area contributed by atoms with Crippen LogP contribution in [-0.4, -0.2) is 87.7 Å². The van der Waals surface area contributed by atoms with Crippen molar-refractivity contribution in [3.05, 3.63) is 0 Å². The second-order valence-electron chi connectivity index (χ2n) is 11.7. The molecule has 0 radical (unpaired) electrons. The summed E-state index contributed by atoms with van der Waals surface area (Å²) in [6.07, 6.45) is 13.4. The number of ether oxygens (including phenoxy) is 2. The summed E-state index contributed by atoms with van der Waals surface area (Å²) in [5.41, 5.74) is 0. The Labute approximate surface area is 350 Å². The molecule has 14 heteroatoms. The topological polar surface area (TPSA) is 179 Å². The van der Waals surface area contributed by atoms with E-state index in [2.05, 4.69) is 133 Å². The van der Waals surface area contributed by atoms with E-state index in [1.54, 1.807) is 13.8 Å². The number of rotatable bonds is 23. The number of hydrogen-bond acceptors (Lipinski definition) is 7. The molecule has 0 atom stereocenters. The molecule has 0 aromatic carbocycles. The summed E-state index contributed by atoms with van der Waals surface area (Å²) in [5.74, 6) is 39.0. The van der Waals surface area contributed by atoms with Crippen LogP contribution in [0, 0.1) is 107 Å². The first-order valence-electron chi connectivity index (χ1n) is 19.5. The zero-order valence-corrected chi connectivity index (χ0v) is 34.0. The van der Waals surface area contributed by atoms with E-state index in [0.717, 1.165) is 64.2 Å². The summed E-state index contributed by atoms with van der Waals surface area (Å²) in [6.45, 7) is 6.66. The summed E-state index contributed by atoms with van der Waals surface area (Å²) in [4.78, 5) is 61.9. The monoisotopic (exact) mass is 803 g/mol. The molecule has 0 saturated heterocycles. The Hall–Kier alpha value is -7.41. The molecule has 0 aliphatic heterocycles. The van der Waals surface area contributed by atoms with E-state index in [9.17, 15) is 24.0 Å². The highest BCUT2D eigenvalue weighted by molar-refractivity contribution is 5.93. The highest BCUT2D eigenvalue weighted by Crippen LogP contribution is 2.05. The number of urea groups is 3. The molecule has 0 aromatic heterocycles. The lowest BCUT2D eigenvalue weighted by molar-refractivity contribution is 0.151. The fourth-order valence-corrected chi connectivity index (χ4v) is 4.39. The third kappa shape index (κ3) is 36.0. The van der Waals surface area contributed by atoms with Crippen LogP contribution < -0.4 is 31.9 Å². The fraction of sp³-hybridized carbons (Fsp3) is 0.489. The SMILES string of the molecule is C#CC#CC#CC#CC#CC#CC#CC#CC#CNC(=O)NCCCCCCNC(=O)N(CCCCCCNC(=O)OCC)C(=O)NCCCCCCNC(=O)OCC. The Morgan fingerprint density at radius 3 is 1.17 bits per heavy atom. The maximum atomic E-state index is 13.0. The van der Waals surface area contributed by atoms with Crippen molar-refractivity contribution in [2.75, 3.05) is 52.5 Å². The van der Waals surface area contributed by atoms with E-state index in [-0.39, 0.29) is 6.54 Å². The Balaban J connectivity index is 4.47. The van der Waals surface area contributed by atoms with Crippen molar-refractivity contribution in [1.29, 1.82) is 0 Å². The van der Waals surface area contributed by atoms with Crippen LogP contribution in [-0.2, 0) is 9.47 Å². The van der Waals surface area contributed by atoms with E-state index >= 15 is 0 Å². The number of alkyl carbamates (subject to hydrolysis) is 2. The molecule has 0 saturated carbocycles. The van der Waals surface area contributed by atoms with Crippen LogP contribution in [0.4, 0.5) is 24.0 Å². The molecule has 0 heterocycles. The summed E-state index contributed by atoms with van der Waals surface area (Å²) in [5, 5.41) is 16.1. The third-order valence-corrected chi connectivity index (χ3v) is 7.12. The molecule has 0 aliphatic carbocycles. The van der Waals surface area contributed by atoms with Crippen LogP contribution in [0.5, 0.6) is 0 Å².